The minimum atomic E-state index is -0.365. The molecule has 0 radical (unpaired) electrons. The number of benzene rings is 2. The summed E-state index contributed by atoms with van der Waals surface area (Å²) < 4.78 is 21.4. The van der Waals surface area contributed by atoms with Crippen molar-refractivity contribution >= 4 is 78.1 Å². The van der Waals surface area contributed by atoms with Crippen LogP contribution in [0.1, 0.15) is 49.7 Å². The van der Waals surface area contributed by atoms with E-state index in [2.05, 4.69) is 37.3 Å². The lowest BCUT2D eigenvalue weighted by Gasteiger charge is -2.55. The highest BCUT2D eigenvalue weighted by molar-refractivity contribution is 9.11. The van der Waals surface area contributed by atoms with Crippen molar-refractivity contribution in [2.45, 2.75) is 45.1 Å². The molecule has 1 saturated heterocycles. The summed E-state index contributed by atoms with van der Waals surface area (Å²) in [5.41, 5.74) is 3.73. The molecule has 0 aromatic heterocycles. The molecule has 0 spiro atoms. The number of carbonyl (C=O) groups is 2. The second-order valence-electron chi connectivity index (χ2n) is 10.8. The van der Waals surface area contributed by atoms with Gasteiger partial charge in [-0.2, -0.15) is 5.01 Å². The first-order chi connectivity index (χ1) is 18.2. The summed E-state index contributed by atoms with van der Waals surface area (Å²) >= 11 is 13.7. The highest BCUT2D eigenvalue weighted by Gasteiger charge is 2.55. The summed E-state index contributed by atoms with van der Waals surface area (Å²) in [6.45, 7) is 0.0747. The maximum Gasteiger partial charge on any atom is 0.285 e. The quantitative estimate of drug-likeness (QED) is 0.255. The molecule has 1 aliphatic heterocycles. The maximum atomic E-state index is 14.0. The van der Waals surface area contributed by atoms with E-state index in [0.29, 0.717) is 47.2 Å². The van der Waals surface area contributed by atoms with Gasteiger partial charge in [0.15, 0.2) is 4.32 Å². The van der Waals surface area contributed by atoms with Gasteiger partial charge >= 0.3 is 0 Å². The van der Waals surface area contributed by atoms with E-state index in [-0.39, 0.29) is 29.7 Å². The minimum Gasteiger partial charge on any atom is -0.486 e. The Balaban J connectivity index is 1.15. The van der Waals surface area contributed by atoms with E-state index in [1.165, 1.54) is 42.1 Å². The number of nitrogens with one attached hydrogen (secondary N) is 1. The zero-order chi connectivity index (χ0) is 26.6. The number of hydrogen-bond donors (Lipinski definition) is 1. The number of halogens is 3. The van der Waals surface area contributed by atoms with E-state index in [0.717, 1.165) is 24.8 Å². The van der Waals surface area contributed by atoms with Crippen LogP contribution >= 0.6 is 55.8 Å². The first kappa shape index (κ1) is 26.5. The average molecular weight is 680 g/mol. The van der Waals surface area contributed by atoms with Crippen LogP contribution in [-0.2, 0) is 16.2 Å². The molecule has 10 heteroatoms. The molecule has 2 aromatic carbocycles. The van der Waals surface area contributed by atoms with Crippen LogP contribution < -0.4 is 10.2 Å². The summed E-state index contributed by atoms with van der Waals surface area (Å²) in [6.07, 6.45) is 8.23. The summed E-state index contributed by atoms with van der Waals surface area (Å²) in [6, 6.07) is 10.1. The van der Waals surface area contributed by atoms with Crippen LogP contribution in [0, 0.1) is 29.0 Å². The van der Waals surface area contributed by atoms with Crippen molar-refractivity contribution in [3.05, 3.63) is 67.2 Å². The summed E-state index contributed by atoms with van der Waals surface area (Å²) in [5.74, 6) is 1.71. The number of hydrogen-bond acceptors (Lipinski definition) is 5. The van der Waals surface area contributed by atoms with Crippen LogP contribution in [0.3, 0.4) is 0 Å². The van der Waals surface area contributed by atoms with Gasteiger partial charge in [-0.15, -0.1) is 0 Å². The number of hydrazine groups is 1. The molecule has 4 bridgehead atoms. The maximum absolute atomic E-state index is 14.0. The van der Waals surface area contributed by atoms with E-state index in [1.807, 2.05) is 12.1 Å². The standard InChI is InChI=1S/C28H25Br2FN2O3S2/c29-20-8-15(9-21(30)24(20)36-14-19-3-1-2-4-22(19)31)10-23-25(34)33(27(37)38-23)32-26(35)28-11-16-5-17(12-28)7-18(6-16)13-28/h1-4,8-10,16-18H,5-7,11-14H2,(H,32,35)/b23-10+. The van der Waals surface area contributed by atoms with E-state index < -0.39 is 0 Å². The summed E-state index contributed by atoms with van der Waals surface area (Å²) in [5, 5.41) is 1.24. The molecule has 2 aromatic rings. The van der Waals surface area contributed by atoms with Crippen molar-refractivity contribution in [2.75, 3.05) is 0 Å². The topological polar surface area (TPSA) is 58.6 Å². The second kappa shape index (κ2) is 10.3. The molecule has 0 unspecified atom stereocenters. The summed E-state index contributed by atoms with van der Waals surface area (Å²) in [7, 11) is 0. The lowest BCUT2D eigenvalue weighted by atomic mass is 9.49. The van der Waals surface area contributed by atoms with E-state index in [1.54, 1.807) is 24.3 Å². The molecule has 1 N–H and O–H groups in total. The van der Waals surface area contributed by atoms with Crippen molar-refractivity contribution in [3.63, 3.8) is 0 Å². The normalized spacial score (nSPS) is 28.9. The number of ether oxygens (including phenoxy) is 1. The number of amides is 2. The average Bonchev–Trinajstić information content (AvgIpc) is 3.11. The first-order valence-electron chi connectivity index (χ1n) is 12.6. The van der Waals surface area contributed by atoms with Crippen molar-refractivity contribution in [1.29, 1.82) is 0 Å². The Bertz CT molecular complexity index is 1320. The zero-order valence-corrected chi connectivity index (χ0v) is 25.2. The number of carbonyl (C=O) groups excluding carboxylic acids is 2. The second-order valence-corrected chi connectivity index (χ2v) is 14.2. The Morgan fingerprint density at radius 1 is 1.13 bits per heavy atom. The zero-order valence-electron chi connectivity index (χ0n) is 20.3. The molecule has 5 nitrogen and oxygen atoms in total. The molecule has 4 aliphatic carbocycles. The fourth-order valence-corrected chi connectivity index (χ4v) is 9.52. The predicted molar refractivity (Wildman–Crippen MR) is 156 cm³/mol. The highest BCUT2D eigenvalue weighted by Crippen LogP contribution is 2.60. The highest BCUT2D eigenvalue weighted by atomic mass is 79.9. The van der Waals surface area contributed by atoms with Gasteiger partial charge in [0.25, 0.3) is 5.91 Å². The monoisotopic (exact) mass is 678 g/mol. The number of thiocarbonyl (C=S) groups is 1. The van der Waals surface area contributed by atoms with Gasteiger partial charge in [-0.05, 0) is 130 Å². The molecular weight excluding hydrogens is 655 g/mol. The third-order valence-electron chi connectivity index (χ3n) is 8.18. The Morgan fingerprint density at radius 3 is 2.34 bits per heavy atom. The molecule has 198 valence electrons. The van der Waals surface area contributed by atoms with Gasteiger partial charge in [0, 0.05) is 5.56 Å². The molecule has 1 heterocycles. The molecule has 38 heavy (non-hydrogen) atoms. The molecule has 7 rings (SSSR count). The number of rotatable bonds is 6. The Hall–Kier alpha value is -1.75. The number of nitrogens with zero attached hydrogens (tertiary/aromatic N) is 1. The van der Waals surface area contributed by atoms with Gasteiger partial charge in [0.05, 0.1) is 19.3 Å². The molecular formula is C28H25Br2FN2O3S2. The van der Waals surface area contributed by atoms with Crippen LogP contribution in [0.5, 0.6) is 5.75 Å². The third-order valence-corrected chi connectivity index (χ3v) is 10.7. The first-order valence-corrected chi connectivity index (χ1v) is 15.5. The SMILES string of the molecule is O=C1/C(=C\c2cc(Br)c(OCc3ccccc3F)c(Br)c2)SC(=S)N1NC(=O)C12CC3CC(CC(C3)C1)C2. The Labute approximate surface area is 247 Å². The lowest BCUT2D eigenvalue weighted by Crippen LogP contribution is -2.57. The van der Waals surface area contributed by atoms with E-state index in [4.69, 9.17) is 17.0 Å². The molecule has 5 aliphatic rings. The van der Waals surface area contributed by atoms with Crippen molar-refractivity contribution in [1.82, 2.24) is 10.4 Å². The Kier molecular flexibility index (Phi) is 7.20. The van der Waals surface area contributed by atoms with Crippen molar-refractivity contribution in [2.24, 2.45) is 23.2 Å². The summed E-state index contributed by atoms with van der Waals surface area (Å²) in [4.78, 5) is 27.2. The van der Waals surface area contributed by atoms with Crippen LogP contribution in [0.25, 0.3) is 6.08 Å². The van der Waals surface area contributed by atoms with E-state index in [9.17, 15) is 14.0 Å². The van der Waals surface area contributed by atoms with Crippen LogP contribution in [0.15, 0.2) is 50.2 Å². The fourth-order valence-electron chi connectivity index (χ4n) is 6.89. The smallest absolute Gasteiger partial charge is 0.285 e. The van der Waals surface area contributed by atoms with Crippen LogP contribution in [0.2, 0.25) is 0 Å². The van der Waals surface area contributed by atoms with Crippen LogP contribution in [0.4, 0.5) is 4.39 Å². The molecule has 0 atom stereocenters. The third kappa shape index (κ3) is 4.97. The van der Waals surface area contributed by atoms with Gasteiger partial charge in [-0.25, -0.2) is 4.39 Å². The largest absolute Gasteiger partial charge is 0.486 e. The fraction of sp³-hybridized carbons (Fsp3) is 0.393. The molecule has 2 amide bonds. The molecule has 5 fully saturated rings. The lowest BCUT2D eigenvalue weighted by molar-refractivity contribution is -0.152. The minimum absolute atomic E-state index is 0.0593. The van der Waals surface area contributed by atoms with Gasteiger partial charge in [0.2, 0.25) is 5.91 Å². The predicted octanol–water partition coefficient (Wildman–Crippen LogP) is 7.38. The number of thioether (sulfide) groups is 1. The van der Waals surface area contributed by atoms with Crippen molar-refractivity contribution in [3.8, 4) is 5.75 Å². The van der Waals surface area contributed by atoms with E-state index >= 15 is 0 Å². The molecule has 4 saturated carbocycles. The van der Waals surface area contributed by atoms with Gasteiger partial charge in [-0.3, -0.25) is 15.0 Å². The Morgan fingerprint density at radius 2 is 1.74 bits per heavy atom. The van der Waals surface area contributed by atoms with Gasteiger partial charge < -0.3 is 4.74 Å². The van der Waals surface area contributed by atoms with Gasteiger partial charge in [0.1, 0.15) is 18.2 Å². The van der Waals surface area contributed by atoms with Gasteiger partial charge in [-0.1, -0.05) is 30.0 Å². The van der Waals surface area contributed by atoms with Crippen LogP contribution in [-0.4, -0.2) is 21.1 Å². The van der Waals surface area contributed by atoms with Crippen molar-refractivity contribution < 1.29 is 18.7 Å².